The van der Waals surface area contributed by atoms with Crippen molar-refractivity contribution < 1.29 is 91.5 Å². The second-order valence-electron chi connectivity index (χ2n) is 10.2. The predicted octanol–water partition coefficient (Wildman–Crippen LogP) is -1.64. The number of aliphatic hydroxyl groups is 4. The molecule has 0 bridgehead atoms. The van der Waals surface area contributed by atoms with E-state index in [1.54, 1.807) is 0 Å². The number of rotatable bonds is 20. The molecule has 0 radical (unpaired) electrons. The van der Waals surface area contributed by atoms with E-state index in [4.69, 9.17) is 35.6 Å². The molecule has 0 aliphatic rings. The monoisotopic (exact) mass is 669 g/mol. The van der Waals surface area contributed by atoms with Crippen molar-refractivity contribution in [3.8, 4) is 0 Å². The molecule has 0 aliphatic heterocycles. The molecule has 0 spiro atoms. The topological polar surface area (TPSA) is 243 Å². The fourth-order valence-corrected chi connectivity index (χ4v) is 3.80. The third-order valence-electron chi connectivity index (χ3n) is 6.06. The SMILES string of the molecule is CC(N)OC(=O)C(C)O.CCCCC(CC)COC(=O)CC(C(=O)OCC(CC)CCCC)S(=O)(=O)[O-].OCC(O)CO.[Na+]. The average Bonchev–Trinajstić information content (AvgIpc) is 2.95. The summed E-state index contributed by atoms with van der Waals surface area (Å²) in [5.41, 5.74) is 5.08. The van der Waals surface area contributed by atoms with E-state index in [0.29, 0.717) is 0 Å². The Morgan fingerprint density at radius 2 is 1.25 bits per heavy atom. The Bertz CT molecular complexity index is 824. The van der Waals surface area contributed by atoms with Gasteiger partial charge in [0.2, 0.25) is 0 Å². The van der Waals surface area contributed by atoms with Crippen molar-refractivity contribution >= 4 is 28.0 Å². The molecule has 0 aromatic carbocycles. The van der Waals surface area contributed by atoms with Gasteiger partial charge < -0.3 is 39.2 Å². The molecule has 0 aromatic heterocycles. The van der Waals surface area contributed by atoms with Crippen LogP contribution in [-0.2, 0) is 38.7 Å². The zero-order chi connectivity index (χ0) is 34.0. The first-order chi connectivity index (χ1) is 20.0. The molecule has 5 unspecified atom stereocenters. The van der Waals surface area contributed by atoms with Crippen LogP contribution in [0.3, 0.4) is 0 Å². The van der Waals surface area contributed by atoms with Crippen molar-refractivity contribution in [1.82, 2.24) is 0 Å². The summed E-state index contributed by atoms with van der Waals surface area (Å²) >= 11 is 0. The number of hydrogen-bond acceptors (Lipinski definition) is 14. The third-order valence-corrected chi connectivity index (χ3v) is 7.11. The molecule has 0 aromatic rings. The molecule has 14 nitrogen and oxygen atoms in total. The summed E-state index contributed by atoms with van der Waals surface area (Å²) in [5.74, 6) is -2.43. The van der Waals surface area contributed by atoms with E-state index in [1.807, 2.05) is 13.8 Å². The standard InChI is InChI=1S/C20H38O7S.C5H11NO3.C3H8O3.Na/c1-5-9-11-16(7-3)14-26-19(21)13-18(28(23,24)25)20(22)27-15-17(8-4)12-10-6-2;1-3(7)5(8)9-4(2)6;4-1-3(6)2-5;/h16-18H,5-15H2,1-4H3,(H,23,24,25);3-4,7H,6H2,1-2H3;3-6H,1-2H2;/q;;;+1/p-1. The smallest absolute Gasteiger partial charge is 0.747 e. The van der Waals surface area contributed by atoms with E-state index in [-0.39, 0.29) is 67.8 Å². The number of carbonyl (C=O) groups is 3. The fraction of sp³-hybridized carbons (Fsp3) is 0.893. The summed E-state index contributed by atoms with van der Waals surface area (Å²) < 4.78 is 49.0. The van der Waals surface area contributed by atoms with Gasteiger partial charge in [0.1, 0.15) is 28.6 Å². The first-order valence-electron chi connectivity index (χ1n) is 14.8. The van der Waals surface area contributed by atoms with Crippen LogP contribution in [0.4, 0.5) is 0 Å². The minimum absolute atomic E-state index is 0. The van der Waals surface area contributed by atoms with Gasteiger partial charge in [-0.25, -0.2) is 13.2 Å². The van der Waals surface area contributed by atoms with Crippen molar-refractivity contribution in [1.29, 1.82) is 0 Å². The van der Waals surface area contributed by atoms with E-state index >= 15 is 0 Å². The van der Waals surface area contributed by atoms with E-state index in [9.17, 15) is 27.4 Å². The number of hydrogen-bond donors (Lipinski definition) is 5. The molecule has 0 saturated carbocycles. The van der Waals surface area contributed by atoms with Crippen LogP contribution in [0, 0.1) is 11.8 Å². The summed E-state index contributed by atoms with van der Waals surface area (Å²) in [4.78, 5) is 34.5. The zero-order valence-electron chi connectivity index (χ0n) is 27.6. The number of carbonyl (C=O) groups excluding carboxylic acids is 3. The molecule has 5 atom stereocenters. The van der Waals surface area contributed by atoms with Crippen LogP contribution >= 0.6 is 0 Å². The zero-order valence-corrected chi connectivity index (χ0v) is 30.4. The quantitative estimate of drug-likeness (QED) is 0.0321. The van der Waals surface area contributed by atoms with Gasteiger partial charge in [0.25, 0.3) is 0 Å². The second kappa shape index (κ2) is 30.8. The molecule has 6 N–H and O–H groups in total. The van der Waals surface area contributed by atoms with E-state index in [1.165, 1.54) is 13.8 Å². The Balaban J connectivity index is -0.000000410. The second-order valence-corrected chi connectivity index (χ2v) is 11.7. The number of ether oxygens (including phenoxy) is 3. The molecule has 0 fully saturated rings. The number of esters is 3. The van der Waals surface area contributed by atoms with Gasteiger partial charge in [-0.05, 0) is 38.5 Å². The maximum atomic E-state index is 12.1. The molecule has 0 saturated heterocycles. The first-order valence-corrected chi connectivity index (χ1v) is 16.3. The van der Waals surface area contributed by atoms with Crippen molar-refractivity contribution in [2.45, 2.75) is 123 Å². The van der Waals surface area contributed by atoms with Gasteiger partial charge in [-0.3, -0.25) is 15.3 Å². The summed E-state index contributed by atoms with van der Waals surface area (Å²) in [5, 5.41) is 30.5. The Hall–Kier alpha value is -0.880. The van der Waals surface area contributed by atoms with Gasteiger partial charge in [-0.15, -0.1) is 0 Å². The Morgan fingerprint density at radius 3 is 1.52 bits per heavy atom. The normalized spacial score (nSPS) is 14.2. The summed E-state index contributed by atoms with van der Waals surface area (Å²) in [6, 6.07) is 0. The van der Waals surface area contributed by atoms with Gasteiger partial charge >= 0.3 is 47.5 Å². The van der Waals surface area contributed by atoms with Crippen LogP contribution in [0.5, 0.6) is 0 Å². The maximum absolute atomic E-state index is 12.1. The van der Waals surface area contributed by atoms with Gasteiger partial charge in [0, 0.05) is 0 Å². The van der Waals surface area contributed by atoms with Crippen LogP contribution < -0.4 is 35.3 Å². The molecular weight excluding hydrogens is 613 g/mol. The number of aliphatic hydroxyl groups excluding tert-OH is 4. The molecule has 0 aliphatic carbocycles. The number of unbranched alkanes of at least 4 members (excludes halogenated alkanes) is 2. The van der Waals surface area contributed by atoms with Gasteiger partial charge in [0.05, 0.1) is 32.8 Å². The van der Waals surface area contributed by atoms with E-state index < -0.39 is 58.1 Å². The van der Waals surface area contributed by atoms with Crippen molar-refractivity contribution in [2.24, 2.45) is 17.6 Å². The maximum Gasteiger partial charge on any atom is 1.00 e. The van der Waals surface area contributed by atoms with E-state index in [2.05, 4.69) is 18.6 Å². The summed E-state index contributed by atoms with van der Waals surface area (Å²) in [6.45, 7) is 10.4. The van der Waals surface area contributed by atoms with Crippen LogP contribution in [0.15, 0.2) is 0 Å². The third kappa shape index (κ3) is 29.8. The molecule has 0 amide bonds. The van der Waals surface area contributed by atoms with E-state index in [0.717, 1.165) is 51.4 Å². The van der Waals surface area contributed by atoms with Gasteiger partial charge in [0.15, 0.2) is 5.25 Å². The van der Waals surface area contributed by atoms with Gasteiger partial charge in [-0.1, -0.05) is 66.2 Å². The Morgan fingerprint density at radius 1 is 0.818 bits per heavy atom. The Labute approximate surface area is 285 Å². The first kappa shape index (κ1) is 50.0. The molecular formula is C28H56NNaO13S. The minimum atomic E-state index is -5.01. The molecule has 16 heteroatoms. The average molecular weight is 670 g/mol. The number of nitrogens with two attached hydrogens (primary N) is 1. The van der Waals surface area contributed by atoms with Crippen molar-refractivity contribution in [3.05, 3.63) is 0 Å². The molecule has 44 heavy (non-hydrogen) atoms. The van der Waals surface area contributed by atoms with Crippen LogP contribution in [0.1, 0.15) is 99.3 Å². The predicted molar refractivity (Wildman–Crippen MR) is 158 cm³/mol. The van der Waals surface area contributed by atoms with Gasteiger partial charge in [-0.2, -0.15) is 0 Å². The fourth-order valence-electron chi connectivity index (χ4n) is 3.15. The van der Waals surface area contributed by atoms with Crippen LogP contribution in [-0.4, -0.2) is 101 Å². The van der Waals surface area contributed by atoms with Crippen molar-refractivity contribution in [2.75, 3.05) is 26.4 Å². The largest absolute Gasteiger partial charge is 1.00 e. The Kier molecular flexibility index (Phi) is 34.9. The molecule has 0 rings (SSSR count). The summed E-state index contributed by atoms with van der Waals surface area (Å²) in [6.07, 6.45) is 3.89. The summed E-state index contributed by atoms with van der Waals surface area (Å²) in [7, 11) is -5.01. The van der Waals surface area contributed by atoms with Crippen molar-refractivity contribution in [3.63, 3.8) is 0 Å². The minimum Gasteiger partial charge on any atom is -0.747 e. The van der Waals surface area contributed by atoms with Crippen LogP contribution in [0.2, 0.25) is 0 Å². The molecule has 258 valence electrons. The molecule has 0 heterocycles. The van der Waals surface area contributed by atoms with Crippen LogP contribution in [0.25, 0.3) is 0 Å².